The van der Waals surface area contributed by atoms with Crippen LogP contribution in [-0.2, 0) is 0 Å². The first-order chi connectivity index (χ1) is 8.49. The van der Waals surface area contributed by atoms with Crippen LogP contribution in [0.25, 0.3) is 0 Å². The summed E-state index contributed by atoms with van der Waals surface area (Å²) in [6.45, 7) is 0. The van der Waals surface area contributed by atoms with Crippen LogP contribution in [0.1, 0.15) is 15.9 Å². The van der Waals surface area contributed by atoms with Crippen molar-refractivity contribution in [1.29, 1.82) is 0 Å². The molecule has 2 rings (SSSR count). The molecule has 0 saturated heterocycles. The molecule has 2 aromatic carbocycles. The first-order valence-electron chi connectivity index (χ1n) is 4.94. The molecule has 5 heteroatoms. The molecule has 0 aromatic heterocycles. The summed E-state index contributed by atoms with van der Waals surface area (Å²) in [7, 11) is 0. The van der Waals surface area contributed by atoms with Crippen LogP contribution < -0.4 is 0 Å². The zero-order chi connectivity index (χ0) is 13.3. The van der Waals surface area contributed by atoms with E-state index in [9.17, 15) is 4.79 Å². The van der Waals surface area contributed by atoms with Crippen molar-refractivity contribution in [3.63, 3.8) is 0 Å². The average Bonchev–Trinajstić information content (AvgIpc) is 2.35. The first kappa shape index (κ1) is 14.3. The second kappa shape index (κ2) is 5.90. The van der Waals surface area contributed by atoms with Gasteiger partial charge in [-0.25, -0.2) is 0 Å². The topological polar surface area (TPSA) is 17.1 Å². The molecule has 0 heterocycles. The minimum Gasteiger partial charge on any atom is -0.289 e. The van der Waals surface area contributed by atoms with Crippen molar-refractivity contribution in [1.82, 2.24) is 0 Å². The molecule has 0 bridgehead atoms. The Morgan fingerprint density at radius 1 is 1.06 bits per heavy atom. The van der Waals surface area contributed by atoms with Gasteiger partial charge in [-0.3, -0.25) is 4.79 Å². The van der Waals surface area contributed by atoms with Gasteiger partial charge in [0, 0.05) is 19.2 Å². The number of ketones is 1. The second-order valence-corrected chi connectivity index (χ2v) is 6.47. The lowest BCUT2D eigenvalue weighted by atomic mass is 10.0. The van der Waals surface area contributed by atoms with E-state index in [1.807, 2.05) is 12.1 Å². The predicted octanol–water partition coefficient (Wildman–Crippen LogP) is 5.59. The summed E-state index contributed by atoms with van der Waals surface area (Å²) in [4.78, 5) is 12.4. The van der Waals surface area contributed by atoms with Crippen LogP contribution >= 0.6 is 61.7 Å². The summed E-state index contributed by atoms with van der Waals surface area (Å²) in [5.74, 6) is -0.0701. The molecule has 0 N–H and O–H groups in total. The molecule has 0 unspecified atom stereocenters. The molecule has 0 aliphatic heterocycles. The molecule has 1 nitrogen and oxygen atoms in total. The number of benzene rings is 2. The van der Waals surface area contributed by atoms with E-state index in [-0.39, 0.29) is 5.78 Å². The summed E-state index contributed by atoms with van der Waals surface area (Å²) in [5.41, 5.74) is 1.17. The summed E-state index contributed by atoms with van der Waals surface area (Å²) < 4.78 is 1.76. The third-order valence-corrected chi connectivity index (χ3v) is 4.53. The Morgan fingerprint density at radius 2 is 1.78 bits per heavy atom. The number of carbonyl (C=O) groups is 1. The van der Waals surface area contributed by atoms with Crippen LogP contribution in [0, 0.1) is 3.57 Å². The van der Waals surface area contributed by atoms with Gasteiger partial charge in [-0.1, -0.05) is 39.1 Å². The van der Waals surface area contributed by atoms with Crippen LogP contribution in [0.5, 0.6) is 0 Å². The maximum absolute atomic E-state index is 12.4. The van der Waals surface area contributed by atoms with Crippen molar-refractivity contribution in [2.45, 2.75) is 0 Å². The van der Waals surface area contributed by atoms with E-state index in [0.717, 1.165) is 8.04 Å². The van der Waals surface area contributed by atoms with Gasteiger partial charge in [0.15, 0.2) is 5.78 Å². The molecule has 0 radical (unpaired) electrons. The Labute approximate surface area is 137 Å². The van der Waals surface area contributed by atoms with Crippen LogP contribution in [0.2, 0.25) is 10.0 Å². The highest BCUT2D eigenvalue weighted by molar-refractivity contribution is 14.1. The largest absolute Gasteiger partial charge is 0.289 e. The predicted molar refractivity (Wildman–Crippen MR) is 86.8 cm³/mol. The van der Waals surface area contributed by atoms with Crippen molar-refractivity contribution in [2.24, 2.45) is 0 Å². The van der Waals surface area contributed by atoms with Crippen molar-refractivity contribution in [2.75, 3.05) is 0 Å². The Morgan fingerprint density at radius 3 is 2.44 bits per heavy atom. The smallest absolute Gasteiger partial charge is 0.194 e. The molecule has 0 aliphatic carbocycles. The van der Waals surface area contributed by atoms with Gasteiger partial charge >= 0.3 is 0 Å². The van der Waals surface area contributed by atoms with Crippen LogP contribution in [0.3, 0.4) is 0 Å². The fourth-order valence-corrected chi connectivity index (χ4v) is 2.70. The maximum atomic E-state index is 12.4. The van der Waals surface area contributed by atoms with E-state index in [0.29, 0.717) is 21.2 Å². The van der Waals surface area contributed by atoms with Gasteiger partial charge in [-0.05, 0) is 59.0 Å². The fraction of sp³-hybridized carbons (Fsp3) is 0. The van der Waals surface area contributed by atoms with E-state index < -0.39 is 0 Å². The fourth-order valence-electron chi connectivity index (χ4n) is 1.46. The van der Waals surface area contributed by atoms with E-state index in [1.165, 1.54) is 0 Å². The summed E-state index contributed by atoms with van der Waals surface area (Å²) in [5, 5.41) is 0.824. The number of halogens is 4. The van der Waals surface area contributed by atoms with Gasteiger partial charge in [0.2, 0.25) is 0 Å². The highest BCUT2D eigenvalue weighted by Crippen LogP contribution is 2.26. The zero-order valence-electron chi connectivity index (χ0n) is 8.88. The molecule has 2 aromatic rings. The van der Waals surface area contributed by atoms with Crippen molar-refractivity contribution >= 4 is 67.5 Å². The molecule has 0 spiro atoms. The molecule has 0 saturated carbocycles. The van der Waals surface area contributed by atoms with Gasteiger partial charge in [0.1, 0.15) is 0 Å². The lowest BCUT2D eigenvalue weighted by Crippen LogP contribution is -2.03. The second-order valence-electron chi connectivity index (χ2n) is 3.58. The molecule has 18 heavy (non-hydrogen) atoms. The monoisotopic (exact) mass is 454 g/mol. The minimum atomic E-state index is -0.0701. The normalized spacial score (nSPS) is 10.4. The highest BCUT2D eigenvalue weighted by Gasteiger charge is 2.14. The quantitative estimate of drug-likeness (QED) is 0.426. The number of hydrogen-bond donors (Lipinski definition) is 0. The molecule has 0 atom stereocenters. The van der Waals surface area contributed by atoms with Gasteiger partial charge in [0.25, 0.3) is 0 Å². The Balaban J connectivity index is 2.47. The molecule has 0 amide bonds. The highest BCUT2D eigenvalue weighted by atomic mass is 127. The number of carbonyl (C=O) groups excluding carboxylic acids is 1. The molecular formula is C13H6BrCl2IO. The SMILES string of the molecule is O=C(c1ccc(Cl)c(Cl)c1)c1cc(Br)ccc1I. The standard InChI is InChI=1S/C13H6BrCl2IO/c14-8-2-4-12(17)9(6-8)13(18)7-1-3-10(15)11(16)5-7/h1-6H. The lowest BCUT2D eigenvalue weighted by Gasteiger charge is -2.06. The third-order valence-electron chi connectivity index (χ3n) is 2.35. The number of rotatable bonds is 2. The summed E-state index contributed by atoms with van der Waals surface area (Å²) in [6.07, 6.45) is 0. The maximum Gasteiger partial charge on any atom is 0.194 e. The minimum absolute atomic E-state index is 0.0701. The van der Waals surface area contributed by atoms with E-state index >= 15 is 0 Å². The Hall–Kier alpha value is -0.100. The van der Waals surface area contributed by atoms with Crippen molar-refractivity contribution in [3.05, 3.63) is 65.6 Å². The molecule has 0 fully saturated rings. The van der Waals surface area contributed by atoms with Crippen molar-refractivity contribution in [3.8, 4) is 0 Å². The van der Waals surface area contributed by atoms with E-state index in [1.54, 1.807) is 24.3 Å². The van der Waals surface area contributed by atoms with Crippen LogP contribution in [0.4, 0.5) is 0 Å². The zero-order valence-corrected chi connectivity index (χ0v) is 14.1. The average molecular weight is 456 g/mol. The molecule has 0 aliphatic rings. The van der Waals surface area contributed by atoms with E-state index in [2.05, 4.69) is 38.5 Å². The van der Waals surface area contributed by atoms with Gasteiger partial charge < -0.3 is 0 Å². The van der Waals surface area contributed by atoms with Crippen molar-refractivity contribution < 1.29 is 4.79 Å². The molecule has 92 valence electrons. The Kier molecular flexibility index (Phi) is 4.69. The Bertz CT molecular complexity index is 628. The van der Waals surface area contributed by atoms with Crippen LogP contribution in [0.15, 0.2) is 40.9 Å². The van der Waals surface area contributed by atoms with Crippen LogP contribution in [-0.4, -0.2) is 5.78 Å². The first-order valence-corrected chi connectivity index (χ1v) is 7.56. The summed E-state index contributed by atoms with van der Waals surface area (Å²) >= 11 is 17.3. The molecular weight excluding hydrogens is 450 g/mol. The summed E-state index contributed by atoms with van der Waals surface area (Å²) in [6, 6.07) is 10.5. The number of hydrogen-bond acceptors (Lipinski definition) is 1. The van der Waals surface area contributed by atoms with Gasteiger partial charge in [0.05, 0.1) is 10.0 Å². The van der Waals surface area contributed by atoms with Gasteiger partial charge in [-0.2, -0.15) is 0 Å². The van der Waals surface area contributed by atoms with Gasteiger partial charge in [-0.15, -0.1) is 0 Å². The van der Waals surface area contributed by atoms with E-state index in [4.69, 9.17) is 23.2 Å². The lowest BCUT2D eigenvalue weighted by molar-refractivity contribution is 0.103. The third kappa shape index (κ3) is 3.07.